The van der Waals surface area contributed by atoms with E-state index >= 15 is 0 Å². The summed E-state index contributed by atoms with van der Waals surface area (Å²) in [7, 11) is 0. The number of benzene rings is 2. The van der Waals surface area contributed by atoms with Crippen molar-refractivity contribution in [3.8, 4) is 0 Å². The lowest BCUT2D eigenvalue weighted by molar-refractivity contribution is -0.141. The van der Waals surface area contributed by atoms with E-state index < -0.39 is 29.6 Å². The number of likely N-dealkylation sites (tertiary alicyclic amines) is 1. The molecule has 2 aromatic carbocycles. The average Bonchev–Trinajstić information content (AvgIpc) is 3.74. The molecule has 0 unspecified atom stereocenters. The van der Waals surface area contributed by atoms with Crippen LogP contribution in [0.4, 0.5) is 5.69 Å². The number of hydrogen-bond donors (Lipinski definition) is 2. The molecule has 2 N–H and O–H groups in total. The van der Waals surface area contributed by atoms with Gasteiger partial charge in [-0.15, -0.1) is 0 Å². The van der Waals surface area contributed by atoms with Gasteiger partial charge < -0.3 is 25.2 Å². The van der Waals surface area contributed by atoms with Gasteiger partial charge in [-0.3, -0.25) is 19.3 Å². The number of rotatable bonds is 11. The van der Waals surface area contributed by atoms with Crippen molar-refractivity contribution in [2.24, 2.45) is 11.8 Å². The minimum absolute atomic E-state index is 0.112. The van der Waals surface area contributed by atoms with Gasteiger partial charge in [0.15, 0.2) is 0 Å². The normalized spacial score (nSPS) is 29.1. The largest absolute Gasteiger partial charge is 0.359 e. The van der Waals surface area contributed by atoms with Gasteiger partial charge in [0.1, 0.15) is 11.6 Å². The quantitative estimate of drug-likeness (QED) is 0.346. The van der Waals surface area contributed by atoms with Crippen molar-refractivity contribution < 1.29 is 19.1 Å². The summed E-state index contributed by atoms with van der Waals surface area (Å²) in [5, 5.41) is 6.36. The summed E-state index contributed by atoms with van der Waals surface area (Å²) >= 11 is 0. The Kier molecular flexibility index (Phi) is 9.72. The van der Waals surface area contributed by atoms with E-state index in [1.54, 1.807) is 4.90 Å². The zero-order valence-corrected chi connectivity index (χ0v) is 28.5. The van der Waals surface area contributed by atoms with E-state index in [1.165, 1.54) is 17.5 Å². The van der Waals surface area contributed by atoms with Crippen molar-refractivity contribution in [1.82, 2.24) is 20.0 Å². The third-order valence-corrected chi connectivity index (χ3v) is 11.3. The van der Waals surface area contributed by atoms with Gasteiger partial charge in [-0.05, 0) is 55.0 Å². The molecular weight excluding hydrogens is 602 g/mol. The van der Waals surface area contributed by atoms with Crippen molar-refractivity contribution in [2.75, 3.05) is 44.6 Å². The van der Waals surface area contributed by atoms with E-state index in [1.807, 2.05) is 36.4 Å². The van der Waals surface area contributed by atoms with Crippen LogP contribution in [0.2, 0.25) is 0 Å². The number of carbonyl (C=O) groups excluding carboxylic acids is 3. The lowest BCUT2D eigenvalue weighted by Crippen LogP contribution is -2.56. The standard InChI is InChI=1S/C39H51N5O4/c1-27(2)29-14-16-31(17-15-29)40-36(45)33-32-18-19-39(48-32)34(33)38(47)44(35(39)37(46)41-30-12-7-4-8-13-30)21-9-20-42-22-24-43(25-23-42)26-28-10-5-3-6-11-28/h3,5-6,10-11,14-19,27,30,32-35H,4,7-9,12-13,20-26H2,1-2H3,(H,40,45)(H,41,46)/t32-,33-,34-,35-,39-/m1/s1. The molecule has 5 aliphatic rings. The summed E-state index contributed by atoms with van der Waals surface area (Å²) in [5.41, 5.74) is 2.10. The van der Waals surface area contributed by atoms with Gasteiger partial charge in [0.25, 0.3) is 0 Å². The monoisotopic (exact) mass is 653 g/mol. The lowest BCUT2D eigenvalue weighted by Gasteiger charge is -2.36. The van der Waals surface area contributed by atoms with Crippen LogP contribution in [0.15, 0.2) is 66.7 Å². The van der Waals surface area contributed by atoms with Crippen molar-refractivity contribution in [3.05, 3.63) is 77.9 Å². The molecule has 3 saturated heterocycles. The Hall–Kier alpha value is -3.53. The van der Waals surface area contributed by atoms with Gasteiger partial charge in [-0.1, -0.05) is 87.7 Å². The molecule has 4 aliphatic heterocycles. The Morgan fingerprint density at radius 2 is 1.60 bits per heavy atom. The van der Waals surface area contributed by atoms with Crippen LogP contribution < -0.4 is 10.6 Å². The molecule has 9 nitrogen and oxygen atoms in total. The first-order valence-corrected chi connectivity index (χ1v) is 18.2. The third-order valence-electron chi connectivity index (χ3n) is 11.3. The van der Waals surface area contributed by atoms with Crippen LogP contribution >= 0.6 is 0 Å². The fourth-order valence-electron chi connectivity index (χ4n) is 8.69. The molecule has 48 heavy (non-hydrogen) atoms. The molecule has 1 spiro atoms. The van der Waals surface area contributed by atoms with Gasteiger partial charge in [0.05, 0.1) is 17.9 Å². The molecule has 0 aromatic heterocycles. The van der Waals surface area contributed by atoms with Gasteiger partial charge in [0, 0.05) is 51.0 Å². The van der Waals surface area contributed by atoms with Crippen LogP contribution in [0, 0.1) is 11.8 Å². The highest BCUT2D eigenvalue weighted by Crippen LogP contribution is 2.55. The zero-order valence-electron chi connectivity index (χ0n) is 28.5. The third kappa shape index (κ3) is 6.57. The van der Waals surface area contributed by atoms with Gasteiger partial charge >= 0.3 is 0 Å². The summed E-state index contributed by atoms with van der Waals surface area (Å²) in [5.74, 6) is -1.56. The van der Waals surface area contributed by atoms with E-state index in [-0.39, 0.29) is 23.8 Å². The first kappa shape index (κ1) is 33.0. The maximum Gasteiger partial charge on any atom is 0.246 e. The Bertz CT molecular complexity index is 1480. The Balaban J connectivity index is 1.03. The van der Waals surface area contributed by atoms with Crippen LogP contribution in [0.1, 0.15) is 69.4 Å². The second kappa shape index (κ2) is 14.1. The molecule has 2 bridgehead atoms. The number of carbonyl (C=O) groups is 3. The van der Waals surface area contributed by atoms with E-state index in [0.29, 0.717) is 18.2 Å². The molecule has 3 amide bonds. The first-order valence-electron chi connectivity index (χ1n) is 18.2. The van der Waals surface area contributed by atoms with E-state index in [2.05, 4.69) is 64.6 Å². The smallest absolute Gasteiger partial charge is 0.246 e. The maximum atomic E-state index is 14.4. The van der Waals surface area contributed by atoms with E-state index in [0.717, 1.165) is 71.4 Å². The highest BCUT2D eigenvalue weighted by atomic mass is 16.5. The van der Waals surface area contributed by atoms with Crippen LogP contribution in [0.3, 0.4) is 0 Å². The Morgan fingerprint density at radius 3 is 2.31 bits per heavy atom. The van der Waals surface area contributed by atoms with E-state index in [4.69, 9.17) is 4.74 Å². The van der Waals surface area contributed by atoms with Crippen molar-refractivity contribution in [3.63, 3.8) is 0 Å². The number of amides is 3. The SMILES string of the molecule is CC(C)c1ccc(NC(=O)[C@@H]2[C@H]3C=C[C@@]4(O3)[C@H]2C(=O)N(CCCN2CCN(Cc3ccccc3)CC2)[C@@H]4C(=O)NC2CCCCC2)cc1. The number of nitrogens with one attached hydrogen (secondary N) is 2. The molecule has 1 saturated carbocycles. The van der Waals surface area contributed by atoms with Crippen molar-refractivity contribution in [2.45, 2.75) is 88.6 Å². The highest BCUT2D eigenvalue weighted by molar-refractivity contribution is 6.02. The fourth-order valence-corrected chi connectivity index (χ4v) is 8.69. The summed E-state index contributed by atoms with van der Waals surface area (Å²) < 4.78 is 6.58. The molecule has 9 heteroatoms. The van der Waals surface area contributed by atoms with Crippen molar-refractivity contribution >= 4 is 23.4 Å². The van der Waals surface area contributed by atoms with Crippen LogP contribution in [0.25, 0.3) is 0 Å². The fraction of sp³-hybridized carbons (Fsp3) is 0.564. The molecular formula is C39H51N5O4. The Labute approximate surface area is 285 Å². The summed E-state index contributed by atoms with van der Waals surface area (Å²) in [4.78, 5) is 49.1. The van der Waals surface area contributed by atoms with Crippen LogP contribution in [0.5, 0.6) is 0 Å². The topological polar surface area (TPSA) is 94.2 Å². The molecule has 256 valence electrons. The van der Waals surface area contributed by atoms with Crippen LogP contribution in [-0.4, -0.2) is 95.5 Å². The van der Waals surface area contributed by atoms with E-state index in [9.17, 15) is 14.4 Å². The second-order valence-electron chi connectivity index (χ2n) is 14.8. The second-order valence-corrected chi connectivity index (χ2v) is 14.8. The summed E-state index contributed by atoms with van der Waals surface area (Å²) in [6.07, 6.45) is 9.34. The van der Waals surface area contributed by atoms with Gasteiger partial charge in [-0.2, -0.15) is 0 Å². The minimum Gasteiger partial charge on any atom is -0.359 e. The molecule has 7 rings (SSSR count). The van der Waals surface area contributed by atoms with Gasteiger partial charge in [-0.25, -0.2) is 0 Å². The number of nitrogens with zero attached hydrogens (tertiary/aromatic N) is 3. The number of anilines is 1. The lowest BCUT2D eigenvalue weighted by atomic mass is 9.74. The summed E-state index contributed by atoms with van der Waals surface area (Å²) in [6.45, 7) is 10.5. The molecule has 0 radical (unpaired) electrons. The average molecular weight is 654 g/mol. The molecule has 4 fully saturated rings. The number of ether oxygens (including phenoxy) is 1. The summed E-state index contributed by atoms with van der Waals surface area (Å²) in [6, 6.07) is 17.8. The highest BCUT2D eigenvalue weighted by Gasteiger charge is 2.72. The Morgan fingerprint density at radius 1 is 0.896 bits per heavy atom. The number of hydrogen-bond acceptors (Lipinski definition) is 6. The van der Waals surface area contributed by atoms with Gasteiger partial charge in [0.2, 0.25) is 17.7 Å². The predicted molar refractivity (Wildman–Crippen MR) is 186 cm³/mol. The minimum atomic E-state index is -1.13. The zero-order chi connectivity index (χ0) is 33.3. The molecule has 2 aromatic rings. The van der Waals surface area contributed by atoms with Crippen LogP contribution in [-0.2, 0) is 25.7 Å². The van der Waals surface area contributed by atoms with Crippen molar-refractivity contribution in [1.29, 1.82) is 0 Å². The molecule has 1 aliphatic carbocycles. The molecule has 5 atom stereocenters. The predicted octanol–water partition coefficient (Wildman–Crippen LogP) is 4.56. The number of piperazine rings is 1. The molecule has 4 heterocycles. The first-order chi connectivity index (χ1) is 23.3. The number of fused-ring (bicyclic) bond motifs is 1. The maximum absolute atomic E-state index is 14.4.